The molecule has 0 saturated carbocycles. The van der Waals surface area contributed by atoms with E-state index in [2.05, 4.69) is 4.90 Å². The van der Waals surface area contributed by atoms with Gasteiger partial charge in [-0.15, -0.1) is 17.0 Å². The van der Waals surface area contributed by atoms with Gasteiger partial charge >= 0.3 is 0 Å². The van der Waals surface area contributed by atoms with Crippen molar-refractivity contribution in [3.05, 3.63) is 11.1 Å². The van der Waals surface area contributed by atoms with Crippen LogP contribution in [-0.4, -0.2) is 61.0 Å². The maximum absolute atomic E-state index is 12.4. The second kappa shape index (κ2) is 7.90. The van der Waals surface area contributed by atoms with Crippen LogP contribution in [0.15, 0.2) is 11.1 Å². The molecule has 2 unspecified atom stereocenters. The lowest BCUT2D eigenvalue weighted by Crippen LogP contribution is -2.39. The van der Waals surface area contributed by atoms with Gasteiger partial charge in [0.15, 0.2) is 0 Å². The summed E-state index contributed by atoms with van der Waals surface area (Å²) in [5, 5.41) is 0.715. The summed E-state index contributed by atoms with van der Waals surface area (Å²) in [5.41, 5.74) is 0. The first-order chi connectivity index (χ1) is 10.2. The van der Waals surface area contributed by atoms with Crippen molar-refractivity contribution in [3.63, 3.8) is 0 Å². The van der Waals surface area contributed by atoms with Gasteiger partial charge in [0, 0.05) is 31.2 Å². The van der Waals surface area contributed by atoms with Crippen LogP contribution in [0.2, 0.25) is 0 Å². The fraction of sp³-hybridized carbons (Fsp3) is 0.733. The van der Waals surface area contributed by atoms with Crippen LogP contribution in [0.4, 0.5) is 0 Å². The number of allylic oxidation sites excluding steroid dienone is 2. The van der Waals surface area contributed by atoms with Crippen molar-refractivity contribution in [3.8, 4) is 0 Å². The third-order valence-corrected chi connectivity index (χ3v) is 4.93. The number of nitrogens with zero attached hydrogens (tertiary/aromatic N) is 2. The summed E-state index contributed by atoms with van der Waals surface area (Å²) in [6.45, 7) is 4.86. The molecule has 0 bridgehead atoms. The Bertz CT molecular complexity index is 466. The van der Waals surface area contributed by atoms with Gasteiger partial charge in [0.05, 0.1) is 25.0 Å². The molecule has 2 saturated heterocycles. The van der Waals surface area contributed by atoms with Crippen LogP contribution < -0.4 is 0 Å². The van der Waals surface area contributed by atoms with Crippen LogP contribution in [0.5, 0.6) is 0 Å². The summed E-state index contributed by atoms with van der Waals surface area (Å²) in [6.07, 6.45) is 3.84. The van der Waals surface area contributed by atoms with Crippen molar-refractivity contribution in [1.29, 1.82) is 0 Å². The molecule has 2 amide bonds. The van der Waals surface area contributed by atoms with E-state index < -0.39 is 0 Å². The van der Waals surface area contributed by atoms with Crippen LogP contribution in [0.1, 0.15) is 19.3 Å². The van der Waals surface area contributed by atoms with Crippen LogP contribution in [0.25, 0.3) is 0 Å². The Morgan fingerprint density at radius 3 is 2.55 bits per heavy atom. The van der Waals surface area contributed by atoms with Crippen molar-refractivity contribution >= 4 is 40.4 Å². The number of morpholine rings is 1. The van der Waals surface area contributed by atoms with Crippen LogP contribution >= 0.6 is 28.6 Å². The molecule has 124 valence electrons. The van der Waals surface area contributed by atoms with E-state index in [-0.39, 0.29) is 40.6 Å². The van der Waals surface area contributed by atoms with Gasteiger partial charge in [-0.1, -0.05) is 17.7 Å². The SMILES string of the molecule is Br.O=C1C2CC=C(Cl)CC2C(=O)N1CCCN1CCOCC1. The highest BCUT2D eigenvalue weighted by atomic mass is 79.9. The second-order valence-corrected chi connectivity index (χ2v) is 6.42. The highest BCUT2D eigenvalue weighted by Crippen LogP contribution is 2.38. The van der Waals surface area contributed by atoms with Gasteiger partial charge in [0.1, 0.15) is 0 Å². The lowest BCUT2D eigenvalue weighted by molar-refractivity contribution is -0.140. The number of hydrogen-bond acceptors (Lipinski definition) is 4. The fourth-order valence-electron chi connectivity index (χ4n) is 3.39. The molecule has 2 atom stereocenters. The van der Waals surface area contributed by atoms with E-state index in [1.807, 2.05) is 6.08 Å². The zero-order valence-corrected chi connectivity index (χ0v) is 15.0. The van der Waals surface area contributed by atoms with Crippen molar-refractivity contribution in [2.75, 3.05) is 39.4 Å². The summed E-state index contributed by atoms with van der Waals surface area (Å²) in [5.74, 6) is -0.438. The minimum Gasteiger partial charge on any atom is -0.379 e. The topological polar surface area (TPSA) is 49.9 Å². The molecule has 0 N–H and O–H groups in total. The Balaban J connectivity index is 0.00000176. The van der Waals surface area contributed by atoms with E-state index in [1.54, 1.807) is 0 Å². The lowest BCUT2D eigenvalue weighted by atomic mass is 9.85. The largest absolute Gasteiger partial charge is 0.379 e. The van der Waals surface area contributed by atoms with Crippen LogP contribution in [0.3, 0.4) is 0 Å². The molecule has 0 aromatic carbocycles. The number of imide groups is 1. The minimum atomic E-state index is -0.224. The highest BCUT2D eigenvalue weighted by Gasteiger charge is 2.47. The summed E-state index contributed by atoms with van der Waals surface area (Å²) in [6, 6.07) is 0. The minimum absolute atomic E-state index is 0. The van der Waals surface area contributed by atoms with E-state index in [0.717, 1.165) is 39.3 Å². The first-order valence-corrected chi connectivity index (χ1v) is 8.04. The van der Waals surface area contributed by atoms with Gasteiger partial charge in [-0.2, -0.15) is 0 Å². The molecule has 0 aromatic heterocycles. The smallest absolute Gasteiger partial charge is 0.233 e. The third kappa shape index (κ3) is 3.72. The molecular weight excluding hydrogens is 372 g/mol. The maximum Gasteiger partial charge on any atom is 0.233 e. The number of carbonyl (C=O) groups excluding carboxylic acids is 2. The van der Waals surface area contributed by atoms with E-state index >= 15 is 0 Å². The molecule has 2 aliphatic heterocycles. The molecule has 2 fully saturated rings. The van der Waals surface area contributed by atoms with Gasteiger partial charge in [-0.05, 0) is 19.3 Å². The molecule has 0 radical (unpaired) electrons. The van der Waals surface area contributed by atoms with Crippen LogP contribution in [-0.2, 0) is 14.3 Å². The zero-order chi connectivity index (χ0) is 14.8. The standard InChI is InChI=1S/C15H21ClN2O3.BrH/c16-11-2-3-12-13(10-11)15(20)18(14(12)19)5-1-4-17-6-8-21-9-7-17;/h2,12-13H,1,3-10H2;1H. The number of hydrogen-bond donors (Lipinski definition) is 0. The number of ether oxygens (including phenoxy) is 1. The number of rotatable bonds is 4. The number of likely N-dealkylation sites (tertiary alicyclic amines) is 1. The normalized spacial score (nSPS) is 29.1. The summed E-state index contributed by atoms with van der Waals surface area (Å²) in [7, 11) is 0. The van der Waals surface area contributed by atoms with Crippen molar-refractivity contribution in [2.24, 2.45) is 11.8 Å². The third-order valence-electron chi connectivity index (χ3n) is 4.62. The van der Waals surface area contributed by atoms with E-state index in [1.165, 1.54) is 4.90 Å². The van der Waals surface area contributed by atoms with E-state index in [0.29, 0.717) is 24.4 Å². The summed E-state index contributed by atoms with van der Waals surface area (Å²) < 4.78 is 5.31. The predicted octanol–water partition coefficient (Wildman–Crippen LogP) is 1.80. The molecule has 3 rings (SSSR count). The molecule has 2 heterocycles. The summed E-state index contributed by atoms with van der Waals surface area (Å²) in [4.78, 5) is 28.5. The zero-order valence-electron chi connectivity index (χ0n) is 12.5. The van der Waals surface area contributed by atoms with Crippen molar-refractivity contribution < 1.29 is 14.3 Å². The van der Waals surface area contributed by atoms with Crippen LogP contribution in [0, 0.1) is 11.8 Å². The van der Waals surface area contributed by atoms with Gasteiger partial charge < -0.3 is 4.74 Å². The molecule has 1 aliphatic carbocycles. The second-order valence-electron chi connectivity index (χ2n) is 5.94. The molecule has 7 heteroatoms. The van der Waals surface area contributed by atoms with Gasteiger partial charge in [-0.3, -0.25) is 19.4 Å². The number of carbonyl (C=O) groups is 2. The first kappa shape index (κ1) is 17.9. The number of halogens is 2. The molecule has 0 aromatic rings. The van der Waals surface area contributed by atoms with E-state index in [9.17, 15) is 9.59 Å². The summed E-state index contributed by atoms with van der Waals surface area (Å²) >= 11 is 6.01. The molecule has 3 aliphatic rings. The van der Waals surface area contributed by atoms with E-state index in [4.69, 9.17) is 16.3 Å². The fourth-order valence-corrected chi connectivity index (χ4v) is 3.65. The molecular formula is C15H22BrClN2O3. The Morgan fingerprint density at radius 2 is 1.82 bits per heavy atom. The Labute approximate surface area is 146 Å². The average Bonchev–Trinajstić information content (AvgIpc) is 2.73. The Hall–Kier alpha value is -0.430. The Kier molecular flexibility index (Phi) is 6.44. The maximum atomic E-state index is 12.4. The molecule has 22 heavy (non-hydrogen) atoms. The van der Waals surface area contributed by atoms with Crippen molar-refractivity contribution in [1.82, 2.24) is 9.80 Å². The quantitative estimate of drug-likeness (QED) is 0.684. The number of amides is 2. The first-order valence-electron chi connectivity index (χ1n) is 7.66. The predicted molar refractivity (Wildman–Crippen MR) is 89.1 cm³/mol. The molecule has 5 nitrogen and oxygen atoms in total. The Morgan fingerprint density at radius 1 is 1.14 bits per heavy atom. The highest BCUT2D eigenvalue weighted by molar-refractivity contribution is 8.93. The number of fused-ring (bicyclic) bond motifs is 1. The van der Waals surface area contributed by atoms with Gasteiger partial charge in [0.2, 0.25) is 11.8 Å². The average molecular weight is 394 g/mol. The van der Waals surface area contributed by atoms with Gasteiger partial charge in [-0.25, -0.2) is 0 Å². The van der Waals surface area contributed by atoms with Gasteiger partial charge in [0.25, 0.3) is 0 Å². The molecule has 0 spiro atoms. The lowest BCUT2D eigenvalue weighted by Gasteiger charge is -2.27. The monoisotopic (exact) mass is 392 g/mol. The van der Waals surface area contributed by atoms with Crippen molar-refractivity contribution in [2.45, 2.75) is 19.3 Å².